The van der Waals surface area contributed by atoms with E-state index in [1.54, 1.807) is 17.1 Å². The summed E-state index contributed by atoms with van der Waals surface area (Å²) in [5.74, 6) is 0.470. The molecule has 0 atom stereocenters. The minimum Gasteiger partial charge on any atom is -0.488 e. The van der Waals surface area contributed by atoms with Gasteiger partial charge in [0.05, 0.1) is 31.4 Å². The van der Waals surface area contributed by atoms with Crippen molar-refractivity contribution in [2.45, 2.75) is 19.9 Å². The number of nitrogens with zero attached hydrogens (tertiary/aromatic N) is 2. The number of aromatic nitrogens is 2. The van der Waals surface area contributed by atoms with Crippen LogP contribution in [0.5, 0.6) is 5.75 Å². The van der Waals surface area contributed by atoms with Gasteiger partial charge in [-0.3, -0.25) is 4.68 Å². The van der Waals surface area contributed by atoms with Gasteiger partial charge < -0.3 is 9.47 Å². The zero-order valence-electron chi connectivity index (χ0n) is 10.4. The largest absolute Gasteiger partial charge is 0.488 e. The summed E-state index contributed by atoms with van der Waals surface area (Å²) in [6.07, 6.45) is 3.43. The molecule has 0 aliphatic carbocycles. The van der Waals surface area contributed by atoms with Gasteiger partial charge in [-0.1, -0.05) is 0 Å². The summed E-state index contributed by atoms with van der Waals surface area (Å²) in [6, 6.07) is 0.285. The molecule has 104 valence electrons. The van der Waals surface area contributed by atoms with Crippen molar-refractivity contribution in [3.8, 4) is 5.75 Å². The zero-order valence-corrected chi connectivity index (χ0v) is 11.9. The van der Waals surface area contributed by atoms with E-state index in [2.05, 4.69) is 5.10 Å². The molecule has 0 aliphatic rings. The van der Waals surface area contributed by atoms with E-state index >= 15 is 0 Å². The SMILES string of the molecule is CC(C)n1cc(OCCOCCS(=O)(=O)Cl)cn1. The van der Waals surface area contributed by atoms with Gasteiger partial charge in [0.2, 0.25) is 9.05 Å². The van der Waals surface area contributed by atoms with Crippen molar-refractivity contribution in [1.29, 1.82) is 0 Å². The summed E-state index contributed by atoms with van der Waals surface area (Å²) < 4.78 is 33.4. The monoisotopic (exact) mass is 296 g/mol. The Labute approximate surface area is 111 Å². The van der Waals surface area contributed by atoms with Crippen molar-refractivity contribution in [1.82, 2.24) is 9.78 Å². The van der Waals surface area contributed by atoms with Crippen LogP contribution in [0.2, 0.25) is 0 Å². The van der Waals surface area contributed by atoms with Crippen molar-refractivity contribution < 1.29 is 17.9 Å². The highest BCUT2D eigenvalue weighted by molar-refractivity contribution is 8.13. The number of ether oxygens (including phenoxy) is 2. The van der Waals surface area contributed by atoms with E-state index in [4.69, 9.17) is 20.2 Å². The van der Waals surface area contributed by atoms with Crippen LogP contribution in [0.3, 0.4) is 0 Å². The molecule has 0 aromatic carbocycles. The third-order valence-electron chi connectivity index (χ3n) is 2.07. The third kappa shape index (κ3) is 6.23. The summed E-state index contributed by atoms with van der Waals surface area (Å²) >= 11 is 0. The average molecular weight is 297 g/mol. The number of rotatable bonds is 8. The smallest absolute Gasteiger partial charge is 0.234 e. The Morgan fingerprint density at radius 2 is 2.11 bits per heavy atom. The van der Waals surface area contributed by atoms with E-state index in [1.165, 1.54) is 0 Å². The van der Waals surface area contributed by atoms with Gasteiger partial charge in [0.1, 0.15) is 6.61 Å². The van der Waals surface area contributed by atoms with E-state index in [0.717, 1.165) is 0 Å². The molecule has 0 aliphatic heterocycles. The van der Waals surface area contributed by atoms with Gasteiger partial charge in [0.25, 0.3) is 0 Å². The van der Waals surface area contributed by atoms with Crippen molar-refractivity contribution >= 4 is 19.7 Å². The van der Waals surface area contributed by atoms with Crippen LogP contribution < -0.4 is 4.74 Å². The van der Waals surface area contributed by atoms with Gasteiger partial charge >= 0.3 is 0 Å². The molecular formula is C10H17ClN2O4S. The summed E-state index contributed by atoms with van der Waals surface area (Å²) in [5, 5.41) is 4.12. The fourth-order valence-corrected chi connectivity index (χ4v) is 1.66. The quantitative estimate of drug-likeness (QED) is 0.536. The average Bonchev–Trinajstić information content (AvgIpc) is 2.70. The van der Waals surface area contributed by atoms with Gasteiger partial charge in [0, 0.05) is 16.7 Å². The molecule has 0 fully saturated rings. The van der Waals surface area contributed by atoms with Gasteiger partial charge in [-0.15, -0.1) is 0 Å². The van der Waals surface area contributed by atoms with Crippen LogP contribution in [-0.2, 0) is 13.8 Å². The van der Waals surface area contributed by atoms with Gasteiger partial charge in [-0.05, 0) is 13.8 Å². The Morgan fingerprint density at radius 3 is 2.67 bits per heavy atom. The zero-order chi connectivity index (χ0) is 13.6. The highest BCUT2D eigenvalue weighted by Crippen LogP contribution is 2.11. The Bertz CT molecular complexity index is 458. The minimum atomic E-state index is -3.48. The molecule has 18 heavy (non-hydrogen) atoms. The fourth-order valence-electron chi connectivity index (χ4n) is 1.16. The fraction of sp³-hybridized carbons (Fsp3) is 0.700. The van der Waals surface area contributed by atoms with Crippen molar-refractivity contribution in [3.63, 3.8) is 0 Å². The molecule has 0 unspecified atom stereocenters. The van der Waals surface area contributed by atoms with E-state index in [0.29, 0.717) is 19.0 Å². The van der Waals surface area contributed by atoms with E-state index in [-0.39, 0.29) is 18.4 Å². The predicted molar refractivity (Wildman–Crippen MR) is 68.6 cm³/mol. The molecule has 1 rings (SSSR count). The van der Waals surface area contributed by atoms with Crippen molar-refractivity contribution in [3.05, 3.63) is 12.4 Å². The second-order valence-corrected chi connectivity index (χ2v) is 6.85. The van der Waals surface area contributed by atoms with Gasteiger partial charge in [0.15, 0.2) is 5.75 Å². The molecule has 0 N–H and O–H groups in total. The van der Waals surface area contributed by atoms with Gasteiger partial charge in [-0.2, -0.15) is 5.10 Å². The van der Waals surface area contributed by atoms with E-state index < -0.39 is 9.05 Å². The third-order valence-corrected chi connectivity index (χ3v) is 3.19. The molecule has 1 aromatic rings. The highest BCUT2D eigenvalue weighted by Gasteiger charge is 2.05. The first-order valence-electron chi connectivity index (χ1n) is 5.55. The number of halogens is 1. The number of hydrogen-bond acceptors (Lipinski definition) is 5. The normalized spacial score (nSPS) is 12.0. The Hall–Kier alpha value is -0.790. The second kappa shape index (κ2) is 6.96. The number of hydrogen-bond donors (Lipinski definition) is 0. The van der Waals surface area contributed by atoms with Crippen LogP contribution in [0.25, 0.3) is 0 Å². The lowest BCUT2D eigenvalue weighted by Gasteiger charge is -2.05. The van der Waals surface area contributed by atoms with Crippen molar-refractivity contribution in [2.75, 3.05) is 25.6 Å². The Morgan fingerprint density at radius 1 is 1.39 bits per heavy atom. The first kappa shape index (κ1) is 15.3. The molecule has 6 nitrogen and oxygen atoms in total. The summed E-state index contributed by atoms with van der Waals surface area (Å²) in [6.45, 7) is 4.75. The lowest BCUT2D eigenvalue weighted by molar-refractivity contribution is 0.111. The standard InChI is InChI=1S/C10H17ClN2O4S/c1-9(2)13-8-10(7-12-13)17-4-3-16-5-6-18(11,14)15/h7-9H,3-6H2,1-2H3. The first-order valence-corrected chi connectivity index (χ1v) is 8.03. The summed E-state index contributed by atoms with van der Waals surface area (Å²) in [5.41, 5.74) is 0. The van der Waals surface area contributed by atoms with Crippen LogP contribution >= 0.6 is 10.7 Å². The van der Waals surface area contributed by atoms with Crippen LogP contribution in [0, 0.1) is 0 Å². The molecule has 0 radical (unpaired) electrons. The van der Waals surface area contributed by atoms with E-state index in [9.17, 15) is 8.42 Å². The maximum Gasteiger partial charge on any atom is 0.234 e. The van der Waals surface area contributed by atoms with Crippen molar-refractivity contribution in [2.24, 2.45) is 0 Å². The molecule has 0 amide bonds. The summed E-state index contributed by atoms with van der Waals surface area (Å²) in [4.78, 5) is 0. The highest BCUT2D eigenvalue weighted by atomic mass is 35.7. The van der Waals surface area contributed by atoms with Crippen LogP contribution in [-0.4, -0.2) is 43.8 Å². The van der Waals surface area contributed by atoms with Crippen LogP contribution in [0.1, 0.15) is 19.9 Å². The molecule has 0 spiro atoms. The van der Waals surface area contributed by atoms with Gasteiger partial charge in [-0.25, -0.2) is 8.42 Å². The molecule has 1 aromatic heterocycles. The Kier molecular flexibility index (Phi) is 5.90. The molecule has 0 saturated carbocycles. The maximum absolute atomic E-state index is 10.6. The maximum atomic E-state index is 10.6. The lowest BCUT2D eigenvalue weighted by atomic mass is 10.4. The predicted octanol–water partition coefficient (Wildman–Crippen LogP) is 1.43. The molecular weight excluding hydrogens is 280 g/mol. The first-order chi connectivity index (χ1) is 8.38. The lowest BCUT2D eigenvalue weighted by Crippen LogP contribution is -2.11. The minimum absolute atomic E-state index is 0.0699. The molecule has 0 saturated heterocycles. The van der Waals surface area contributed by atoms with E-state index in [1.807, 2.05) is 13.8 Å². The topological polar surface area (TPSA) is 70.4 Å². The second-order valence-electron chi connectivity index (χ2n) is 3.95. The summed E-state index contributed by atoms with van der Waals surface area (Å²) in [7, 11) is 1.55. The molecule has 0 bridgehead atoms. The molecule has 1 heterocycles. The van der Waals surface area contributed by atoms with Crippen LogP contribution in [0.4, 0.5) is 0 Å². The van der Waals surface area contributed by atoms with Crippen LogP contribution in [0.15, 0.2) is 12.4 Å². The Balaban J connectivity index is 2.14. The molecule has 8 heteroatoms.